The first-order chi connectivity index (χ1) is 15.7. The van der Waals surface area contributed by atoms with E-state index in [0.29, 0.717) is 12.0 Å². The van der Waals surface area contributed by atoms with Gasteiger partial charge in [0.25, 0.3) is 0 Å². The Labute approximate surface area is 190 Å². The first kappa shape index (κ1) is 21.3. The number of ketones is 3. The Morgan fingerprint density at radius 2 is 1.73 bits per heavy atom. The number of benzene rings is 2. The van der Waals surface area contributed by atoms with Gasteiger partial charge in [-0.2, -0.15) is 0 Å². The first-order valence-electron chi connectivity index (χ1n) is 11.0. The van der Waals surface area contributed by atoms with Gasteiger partial charge in [0, 0.05) is 23.5 Å². The second-order valence-electron chi connectivity index (χ2n) is 9.25. The number of fused-ring (bicyclic) bond motifs is 3. The molecule has 0 aliphatic heterocycles. The lowest BCUT2D eigenvalue weighted by atomic mass is 9.58. The van der Waals surface area contributed by atoms with E-state index in [0.717, 1.165) is 29.2 Å². The minimum absolute atomic E-state index is 0.0540. The van der Waals surface area contributed by atoms with Gasteiger partial charge in [-0.1, -0.05) is 42.5 Å². The van der Waals surface area contributed by atoms with Gasteiger partial charge in [-0.3, -0.25) is 14.4 Å². The van der Waals surface area contributed by atoms with Gasteiger partial charge < -0.3 is 15.3 Å². The van der Waals surface area contributed by atoms with Gasteiger partial charge in [-0.25, -0.2) is 0 Å². The molecule has 0 bridgehead atoms. The lowest BCUT2D eigenvalue weighted by Crippen LogP contribution is -2.57. The average Bonchev–Trinajstić information content (AvgIpc) is 2.76. The maximum atomic E-state index is 13.6. The smallest absolute Gasteiger partial charge is 0.202 e. The molecule has 0 amide bonds. The average molecular weight is 444 g/mol. The largest absolute Gasteiger partial charge is 0.508 e. The summed E-state index contributed by atoms with van der Waals surface area (Å²) in [5.74, 6) is -4.48. The van der Waals surface area contributed by atoms with Crippen LogP contribution in [0.25, 0.3) is 16.9 Å². The van der Waals surface area contributed by atoms with Crippen molar-refractivity contribution in [2.45, 2.75) is 38.7 Å². The van der Waals surface area contributed by atoms with Crippen LogP contribution in [0.4, 0.5) is 0 Å². The zero-order chi connectivity index (χ0) is 23.7. The molecule has 1 fully saturated rings. The van der Waals surface area contributed by atoms with Crippen LogP contribution in [0.1, 0.15) is 36.5 Å². The summed E-state index contributed by atoms with van der Waals surface area (Å²) < 4.78 is 0. The number of aliphatic hydroxyl groups excluding tert-OH is 2. The minimum Gasteiger partial charge on any atom is -0.508 e. The van der Waals surface area contributed by atoms with E-state index in [4.69, 9.17) is 0 Å². The number of hydrogen-bond donors (Lipinski definition) is 3. The summed E-state index contributed by atoms with van der Waals surface area (Å²) in [5, 5.41) is 33.4. The van der Waals surface area contributed by atoms with E-state index in [1.807, 2.05) is 49.4 Å². The molecule has 5 rings (SSSR count). The predicted octanol–water partition coefficient (Wildman–Crippen LogP) is 3.80. The Bertz CT molecular complexity index is 1300. The number of aliphatic hydroxyl groups is 3. The van der Waals surface area contributed by atoms with E-state index < -0.39 is 46.1 Å². The van der Waals surface area contributed by atoms with E-state index in [1.165, 1.54) is 0 Å². The van der Waals surface area contributed by atoms with Crippen molar-refractivity contribution < 1.29 is 29.7 Å². The van der Waals surface area contributed by atoms with Gasteiger partial charge in [-0.05, 0) is 54.9 Å². The second-order valence-corrected chi connectivity index (χ2v) is 9.25. The molecule has 0 unspecified atom stereocenters. The molecule has 3 aliphatic carbocycles. The highest BCUT2D eigenvalue weighted by Crippen LogP contribution is 2.52. The molecular formula is C27H24O6. The minimum atomic E-state index is -2.39. The van der Waals surface area contributed by atoms with Crippen molar-refractivity contribution in [1.82, 2.24) is 0 Å². The predicted molar refractivity (Wildman–Crippen MR) is 121 cm³/mol. The van der Waals surface area contributed by atoms with Gasteiger partial charge >= 0.3 is 0 Å². The number of rotatable bonds is 2. The maximum absolute atomic E-state index is 13.6. The number of allylic oxidation sites excluding steroid dienone is 1. The Hall–Kier alpha value is -3.51. The van der Waals surface area contributed by atoms with Crippen molar-refractivity contribution in [3.8, 4) is 11.1 Å². The molecule has 2 aromatic carbocycles. The summed E-state index contributed by atoms with van der Waals surface area (Å²) in [5.41, 5.74) is 1.34. The van der Waals surface area contributed by atoms with Crippen LogP contribution in [0.15, 0.2) is 59.4 Å². The molecule has 0 spiro atoms. The van der Waals surface area contributed by atoms with Gasteiger partial charge in [0.1, 0.15) is 17.1 Å². The molecule has 1 saturated carbocycles. The number of aryl methyl sites for hydroxylation is 1. The zero-order valence-corrected chi connectivity index (χ0v) is 18.4. The fraction of sp³-hybridized carbons (Fsp3) is 0.296. The molecule has 0 heterocycles. The van der Waals surface area contributed by atoms with Crippen LogP contribution in [0.3, 0.4) is 0 Å². The van der Waals surface area contributed by atoms with Gasteiger partial charge in [0.2, 0.25) is 5.78 Å². The van der Waals surface area contributed by atoms with Gasteiger partial charge in [-0.15, -0.1) is 0 Å². The van der Waals surface area contributed by atoms with Crippen LogP contribution in [0.2, 0.25) is 0 Å². The van der Waals surface area contributed by atoms with Crippen molar-refractivity contribution in [3.63, 3.8) is 0 Å². The Kier molecular flexibility index (Phi) is 4.69. The molecular weight excluding hydrogens is 420 g/mol. The number of carbonyl (C=O) groups excluding carboxylic acids is 3. The van der Waals surface area contributed by atoms with Crippen molar-refractivity contribution in [1.29, 1.82) is 0 Å². The molecule has 2 aromatic rings. The third kappa shape index (κ3) is 2.87. The van der Waals surface area contributed by atoms with Crippen molar-refractivity contribution in [2.75, 3.05) is 0 Å². The highest BCUT2D eigenvalue weighted by atomic mass is 16.3. The van der Waals surface area contributed by atoms with E-state index >= 15 is 0 Å². The SMILES string of the molecule is CC(=O)C1=C(O)[C@@]2(O)C(=O)C3=C(O)c4c(C)ccc(-c5ccccc5)c4C[C@H]3C[C@H]2CC1=O. The van der Waals surface area contributed by atoms with Gasteiger partial charge in [0.05, 0.1) is 0 Å². The Morgan fingerprint density at radius 1 is 1.03 bits per heavy atom. The quantitative estimate of drug-likeness (QED) is 0.608. The first-order valence-corrected chi connectivity index (χ1v) is 11.0. The van der Waals surface area contributed by atoms with Crippen LogP contribution >= 0.6 is 0 Å². The van der Waals surface area contributed by atoms with E-state index in [9.17, 15) is 29.7 Å². The van der Waals surface area contributed by atoms with Gasteiger partial charge in [0.15, 0.2) is 17.2 Å². The summed E-state index contributed by atoms with van der Waals surface area (Å²) in [6.45, 7) is 2.96. The van der Waals surface area contributed by atoms with Crippen LogP contribution in [-0.4, -0.2) is 38.3 Å². The summed E-state index contributed by atoms with van der Waals surface area (Å²) in [4.78, 5) is 38.1. The normalized spacial score (nSPS) is 26.6. The van der Waals surface area contributed by atoms with Crippen molar-refractivity contribution >= 4 is 23.1 Å². The lowest BCUT2D eigenvalue weighted by molar-refractivity contribution is -0.147. The standard InChI is InChI=1S/C27H24O6/c1-13-8-9-18(15-6-4-3-5-7-15)19-11-16-10-17-12-20(29)22(14(2)28)25(31)27(17,33)26(32)23(16)24(30)21(13)19/h3-9,16-17,30-31,33H,10-12H2,1-2H3/t16-,17+,27-/m1/s1. The number of hydrogen-bond acceptors (Lipinski definition) is 6. The van der Waals surface area contributed by atoms with Crippen molar-refractivity contribution in [2.24, 2.45) is 11.8 Å². The molecule has 33 heavy (non-hydrogen) atoms. The highest BCUT2D eigenvalue weighted by Gasteiger charge is 2.60. The lowest BCUT2D eigenvalue weighted by Gasteiger charge is -2.46. The number of carbonyl (C=O) groups is 3. The van der Waals surface area contributed by atoms with Crippen LogP contribution in [-0.2, 0) is 20.8 Å². The van der Waals surface area contributed by atoms with Crippen LogP contribution in [0, 0.1) is 18.8 Å². The fourth-order valence-electron chi connectivity index (χ4n) is 5.81. The van der Waals surface area contributed by atoms with Crippen molar-refractivity contribution in [3.05, 3.63) is 76.1 Å². The van der Waals surface area contributed by atoms with Crippen LogP contribution < -0.4 is 0 Å². The highest BCUT2D eigenvalue weighted by molar-refractivity contribution is 6.23. The van der Waals surface area contributed by atoms with E-state index in [1.54, 1.807) is 0 Å². The maximum Gasteiger partial charge on any atom is 0.202 e. The monoisotopic (exact) mass is 444 g/mol. The topological polar surface area (TPSA) is 112 Å². The molecule has 3 atom stereocenters. The zero-order valence-electron chi connectivity index (χ0n) is 18.4. The summed E-state index contributed by atoms with van der Waals surface area (Å²) in [6.07, 6.45) is 0.472. The summed E-state index contributed by atoms with van der Waals surface area (Å²) in [6, 6.07) is 13.6. The van der Waals surface area contributed by atoms with E-state index in [-0.39, 0.29) is 24.2 Å². The molecule has 3 aliphatic rings. The van der Waals surface area contributed by atoms with E-state index in [2.05, 4.69) is 0 Å². The molecule has 3 N–H and O–H groups in total. The molecule has 6 nitrogen and oxygen atoms in total. The Balaban J connectivity index is 1.72. The fourth-order valence-corrected chi connectivity index (χ4v) is 5.81. The third-order valence-electron chi connectivity index (χ3n) is 7.37. The molecule has 6 heteroatoms. The van der Waals surface area contributed by atoms with Crippen LogP contribution in [0.5, 0.6) is 0 Å². The summed E-state index contributed by atoms with van der Waals surface area (Å²) in [7, 11) is 0. The molecule has 0 radical (unpaired) electrons. The number of Topliss-reactive ketones (excluding diaryl/α,β-unsaturated/α-hetero) is 3. The third-order valence-corrected chi connectivity index (χ3v) is 7.37. The molecule has 0 saturated heterocycles. The Morgan fingerprint density at radius 3 is 2.39 bits per heavy atom. The summed E-state index contributed by atoms with van der Waals surface area (Å²) >= 11 is 0. The second kappa shape index (κ2) is 7.25. The molecule has 0 aromatic heterocycles. The molecule has 168 valence electrons.